The smallest absolute Gasteiger partial charge is 0.253 e. The molecule has 12 nitrogen and oxygen atoms in total. The van der Waals surface area contributed by atoms with Crippen molar-refractivity contribution in [2.75, 3.05) is 43.3 Å². The number of carbonyl (C=O) groups excluding carboxylic acids is 2. The van der Waals surface area contributed by atoms with Gasteiger partial charge in [0.2, 0.25) is 10.0 Å². The van der Waals surface area contributed by atoms with Crippen molar-refractivity contribution in [3.05, 3.63) is 47.6 Å². The van der Waals surface area contributed by atoms with Gasteiger partial charge < -0.3 is 25.0 Å². The van der Waals surface area contributed by atoms with Crippen LogP contribution in [0.5, 0.6) is 0 Å². The maximum absolute atomic E-state index is 12.9. The maximum Gasteiger partial charge on any atom is 0.253 e. The Morgan fingerprint density at radius 3 is 2.58 bits per heavy atom. The highest BCUT2D eigenvalue weighted by Crippen LogP contribution is 2.26. The summed E-state index contributed by atoms with van der Waals surface area (Å²) in [5.74, 6) is -0.311. The third-order valence-electron chi connectivity index (χ3n) is 5.74. The molecule has 4 rings (SSSR count). The van der Waals surface area contributed by atoms with Crippen molar-refractivity contribution in [3.63, 3.8) is 0 Å². The number of nitrogens with one attached hydrogen (secondary N) is 2. The van der Waals surface area contributed by atoms with Gasteiger partial charge in [0.15, 0.2) is 5.13 Å². The third-order valence-corrected chi connectivity index (χ3v) is 7.49. The number of amides is 2. The quantitative estimate of drug-likeness (QED) is 0.399. The second-order valence-corrected chi connectivity index (χ2v) is 11.8. The van der Waals surface area contributed by atoms with Crippen molar-refractivity contribution in [3.8, 4) is 11.4 Å². The molecule has 4 heterocycles. The van der Waals surface area contributed by atoms with Crippen LogP contribution in [-0.4, -0.2) is 85.5 Å². The van der Waals surface area contributed by atoms with Crippen LogP contribution in [0.2, 0.25) is 0 Å². The zero-order valence-electron chi connectivity index (χ0n) is 21.4. The number of hydrogen-bond donors (Lipinski definition) is 2. The summed E-state index contributed by atoms with van der Waals surface area (Å²) in [6.45, 7) is 5.46. The topological polar surface area (TPSA) is 145 Å². The SMILES string of the molecule is COC[C@@H](NC(=O)c1ccn(S(C)(=O)=O)c1)C(=O)Nc1nc(-c2cccc(N3C[C@@H](C)O[C@@H](C)C3)n2)cs1. The number of morpholine rings is 1. The van der Waals surface area contributed by atoms with E-state index in [1.807, 2.05) is 32.0 Å². The van der Waals surface area contributed by atoms with E-state index in [2.05, 4.69) is 20.5 Å². The van der Waals surface area contributed by atoms with E-state index in [0.717, 1.165) is 29.1 Å². The van der Waals surface area contributed by atoms with Gasteiger partial charge in [-0.15, -0.1) is 11.3 Å². The van der Waals surface area contributed by atoms with E-state index in [1.54, 1.807) is 5.38 Å². The molecule has 0 radical (unpaired) electrons. The predicted octanol–water partition coefficient (Wildman–Crippen LogP) is 1.81. The number of rotatable bonds is 9. The number of pyridine rings is 1. The van der Waals surface area contributed by atoms with Crippen LogP contribution in [0.3, 0.4) is 0 Å². The minimum absolute atomic E-state index is 0.0934. The average Bonchev–Trinajstić information content (AvgIpc) is 3.53. The number of nitrogens with zero attached hydrogens (tertiary/aromatic N) is 4. The molecule has 2 amide bonds. The molecule has 0 aliphatic carbocycles. The monoisotopic (exact) mass is 562 g/mol. The fourth-order valence-corrected chi connectivity index (χ4v) is 5.35. The normalized spacial score (nSPS) is 18.7. The molecule has 0 unspecified atom stereocenters. The summed E-state index contributed by atoms with van der Waals surface area (Å²) in [7, 11) is -2.13. The molecule has 1 aliphatic rings. The molecule has 2 N–H and O–H groups in total. The second-order valence-electron chi connectivity index (χ2n) is 9.04. The molecule has 0 aromatic carbocycles. The Morgan fingerprint density at radius 2 is 1.92 bits per heavy atom. The Balaban J connectivity index is 1.43. The first kappa shape index (κ1) is 27.7. The zero-order chi connectivity index (χ0) is 27.4. The first-order chi connectivity index (χ1) is 18.0. The summed E-state index contributed by atoms with van der Waals surface area (Å²) in [6, 6.07) is 6.04. The average molecular weight is 563 g/mol. The Bertz CT molecular complexity index is 1390. The summed E-state index contributed by atoms with van der Waals surface area (Å²) < 4.78 is 35.2. The van der Waals surface area contributed by atoms with Crippen molar-refractivity contribution in [1.29, 1.82) is 0 Å². The zero-order valence-corrected chi connectivity index (χ0v) is 23.1. The Kier molecular flexibility index (Phi) is 8.45. The number of carbonyl (C=O) groups is 2. The number of anilines is 2. The van der Waals surface area contributed by atoms with E-state index in [-0.39, 0.29) is 24.4 Å². The number of methoxy groups -OCH3 is 1. The van der Waals surface area contributed by atoms with Crippen LogP contribution < -0.4 is 15.5 Å². The number of ether oxygens (including phenoxy) is 2. The molecule has 1 fully saturated rings. The van der Waals surface area contributed by atoms with E-state index in [1.165, 1.54) is 36.9 Å². The highest BCUT2D eigenvalue weighted by Gasteiger charge is 2.25. The molecule has 204 valence electrons. The summed E-state index contributed by atoms with van der Waals surface area (Å²) >= 11 is 1.23. The Labute approximate surface area is 225 Å². The summed E-state index contributed by atoms with van der Waals surface area (Å²) in [4.78, 5) is 37.0. The molecule has 1 saturated heterocycles. The molecule has 3 aromatic heterocycles. The molecule has 0 spiro atoms. The van der Waals surface area contributed by atoms with Crippen molar-refractivity contribution < 1.29 is 27.5 Å². The van der Waals surface area contributed by atoms with Gasteiger partial charge in [-0.2, -0.15) is 0 Å². The predicted molar refractivity (Wildman–Crippen MR) is 144 cm³/mol. The lowest BCUT2D eigenvalue weighted by Gasteiger charge is -2.36. The number of aromatic nitrogens is 3. The van der Waals surface area contributed by atoms with Gasteiger partial charge >= 0.3 is 0 Å². The standard InChI is InChI=1S/C24H30N6O6S2/c1-15-10-29(11-16(2)36-15)21-7-5-6-18(25-21)20-14-37-24(27-20)28-23(32)19(13-35-3)26-22(31)17-8-9-30(12-17)38(4,33)34/h5-9,12,14-16,19H,10-11,13H2,1-4H3,(H,26,31)(H,27,28,32)/t15-,16+,19-/m1/s1. The largest absolute Gasteiger partial charge is 0.382 e. The van der Waals surface area contributed by atoms with Crippen LogP contribution >= 0.6 is 11.3 Å². The van der Waals surface area contributed by atoms with E-state index < -0.39 is 27.9 Å². The van der Waals surface area contributed by atoms with Gasteiger partial charge in [0.1, 0.15) is 17.6 Å². The lowest BCUT2D eigenvalue weighted by Crippen LogP contribution is -2.46. The van der Waals surface area contributed by atoms with Gasteiger partial charge in [-0.25, -0.2) is 18.4 Å². The fourth-order valence-electron chi connectivity index (χ4n) is 4.06. The molecule has 3 atom stereocenters. The van der Waals surface area contributed by atoms with Crippen LogP contribution in [0.1, 0.15) is 24.2 Å². The molecular weight excluding hydrogens is 532 g/mol. The van der Waals surface area contributed by atoms with Gasteiger partial charge in [-0.1, -0.05) is 6.07 Å². The molecule has 14 heteroatoms. The molecule has 38 heavy (non-hydrogen) atoms. The minimum Gasteiger partial charge on any atom is -0.382 e. The molecule has 3 aromatic rings. The minimum atomic E-state index is -3.53. The van der Waals surface area contributed by atoms with Crippen molar-refractivity contribution >= 4 is 44.1 Å². The van der Waals surface area contributed by atoms with E-state index >= 15 is 0 Å². The molecule has 0 bridgehead atoms. The maximum atomic E-state index is 12.9. The van der Waals surface area contributed by atoms with E-state index in [9.17, 15) is 18.0 Å². The summed E-state index contributed by atoms with van der Waals surface area (Å²) in [6.07, 6.45) is 3.67. The van der Waals surface area contributed by atoms with Gasteiger partial charge in [0.25, 0.3) is 11.8 Å². The fraction of sp³-hybridized carbons (Fsp3) is 0.417. The lowest BCUT2D eigenvalue weighted by molar-refractivity contribution is -0.119. The van der Waals surface area contributed by atoms with Crippen molar-refractivity contribution in [1.82, 2.24) is 19.3 Å². The second kappa shape index (κ2) is 11.6. The highest BCUT2D eigenvalue weighted by atomic mass is 32.2. The van der Waals surface area contributed by atoms with Gasteiger partial charge in [0.05, 0.1) is 36.3 Å². The lowest BCUT2D eigenvalue weighted by atomic mass is 10.2. The van der Waals surface area contributed by atoms with Crippen LogP contribution in [0, 0.1) is 0 Å². The van der Waals surface area contributed by atoms with Crippen LogP contribution in [0.25, 0.3) is 11.4 Å². The number of thiazole rings is 1. The van der Waals surface area contributed by atoms with Gasteiger partial charge in [-0.3, -0.25) is 13.6 Å². The van der Waals surface area contributed by atoms with Crippen LogP contribution in [0.4, 0.5) is 10.9 Å². The van der Waals surface area contributed by atoms with Gasteiger partial charge in [-0.05, 0) is 32.0 Å². The Morgan fingerprint density at radius 1 is 1.18 bits per heavy atom. The van der Waals surface area contributed by atoms with E-state index in [0.29, 0.717) is 16.5 Å². The summed E-state index contributed by atoms with van der Waals surface area (Å²) in [5.41, 5.74) is 1.37. The third kappa shape index (κ3) is 6.75. The van der Waals surface area contributed by atoms with Crippen molar-refractivity contribution in [2.24, 2.45) is 0 Å². The van der Waals surface area contributed by atoms with Crippen LogP contribution in [-0.2, 0) is 24.3 Å². The summed E-state index contributed by atoms with van der Waals surface area (Å²) in [5, 5.41) is 7.42. The van der Waals surface area contributed by atoms with Gasteiger partial charge in [0, 0.05) is 38.0 Å². The van der Waals surface area contributed by atoms with E-state index in [4.69, 9.17) is 14.5 Å². The molecule has 0 saturated carbocycles. The number of hydrogen-bond acceptors (Lipinski definition) is 10. The first-order valence-electron chi connectivity index (χ1n) is 11.9. The van der Waals surface area contributed by atoms with Crippen LogP contribution in [0.15, 0.2) is 42.0 Å². The highest BCUT2D eigenvalue weighted by molar-refractivity contribution is 7.89. The van der Waals surface area contributed by atoms with Crippen molar-refractivity contribution in [2.45, 2.75) is 32.1 Å². The Hall–Kier alpha value is -3.33. The first-order valence-corrected chi connectivity index (χ1v) is 14.6. The molecule has 1 aliphatic heterocycles. The molecular formula is C24H30N6O6S2.